The lowest BCUT2D eigenvalue weighted by Crippen LogP contribution is -2.24. The molecule has 0 radical (unpaired) electrons. The van der Waals surface area contributed by atoms with Crippen molar-refractivity contribution in [2.24, 2.45) is 5.92 Å². The van der Waals surface area contributed by atoms with Crippen molar-refractivity contribution < 1.29 is 9.90 Å². The van der Waals surface area contributed by atoms with Crippen molar-refractivity contribution in [1.82, 2.24) is 4.90 Å². The largest absolute Gasteiger partial charge is 0.481 e. The minimum Gasteiger partial charge on any atom is -0.481 e. The van der Waals surface area contributed by atoms with Gasteiger partial charge >= 0.3 is 5.97 Å². The summed E-state index contributed by atoms with van der Waals surface area (Å²) in [7, 11) is 2.01. The zero-order chi connectivity index (χ0) is 12.6. The standard InChI is InChI=1S/C14H19NO2/c1-9-4-5-11(10(2)6-9)8-15(3)13-7-12(13)14(16)17/h4-6,12-13H,7-8H2,1-3H3,(H,16,17). The highest BCUT2D eigenvalue weighted by Crippen LogP contribution is 2.35. The van der Waals surface area contributed by atoms with E-state index in [-0.39, 0.29) is 12.0 Å². The molecular weight excluding hydrogens is 214 g/mol. The number of aryl methyl sites for hydroxylation is 2. The third-order valence-electron chi connectivity index (χ3n) is 3.56. The molecule has 1 aliphatic rings. The molecule has 0 heterocycles. The van der Waals surface area contributed by atoms with Gasteiger partial charge in [0.2, 0.25) is 0 Å². The van der Waals surface area contributed by atoms with Crippen LogP contribution in [0.2, 0.25) is 0 Å². The van der Waals surface area contributed by atoms with Gasteiger partial charge in [0.25, 0.3) is 0 Å². The molecule has 0 spiro atoms. The van der Waals surface area contributed by atoms with Crippen molar-refractivity contribution in [3.8, 4) is 0 Å². The fraction of sp³-hybridized carbons (Fsp3) is 0.500. The predicted molar refractivity (Wildman–Crippen MR) is 66.9 cm³/mol. The van der Waals surface area contributed by atoms with Crippen LogP contribution in [0.5, 0.6) is 0 Å². The molecule has 2 rings (SSSR count). The SMILES string of the molecule is Cc1ccc(CN(C)C2CC2C(=O)O)c(C)c1. The Morgan fingerprint density at radius 1 is 1.47 bits per heavy atom. The van der Waals surface area contributed by atoms with Crippen molar-refractivity contribution in [3.05, 3.63) is 34.9 Å². The van der Waals surface area contributed by atoms with Crippen LogP contribution in [0.1, 0.15) is 23.1 Å². The van der Waals surface area contributed by atoms with Crippen LogP contribution in [0.15, 0.2) is 18.2 Å². The van der Waals surface area contributed by atoms with Crippen molar-refractivity contribution in [2.45, 2.75) is 32.9 Å². The van der Waals surface area contributed by atoms with Crippen LogP contribution in [-0.2, 0) is 11.3 Å². The van der Waals surface area contributed by atoms with Crippen LogP contribution in [-0.4, -0.2) is 29.1 Å². The lowest BCUT2D eigenvalue weighted by molar-refractivity contribution is -0.138. The van der Waals surface area contributed by atoms with E-state index >= 15 is 0 Å². The Morgan fingerprint density at radius 2 is 2.18 bits per heavy atom. The molecule has 17 heavy (non-hydrogen) atoms. The second-order valence-corrected chi connectivity index (χ2v) is 5.09. The lowest BCUT2D eigenvalue weighted by atomic mass is 10.1. The van der Waals surface area contributed by atoms with E-state index in [9.17, 15) is 4.79 Å². The number of rotatable bonds is 4. The first-order valence-corrected chi connectivity index (χ1v) is 5.98. The second kappa shape index (κ2) is 4.49. The smallest absolute Gasteiger partial charge is 0.308 e. The van der Waals surface area contributed by atoms with E-state index in [2.05, 4.69) is 36.9 Å². The van der Waals surface area contributed by atoms with E-state index < -0.39 is 5.97 Å². The monoisotopic (exact) mass is 233 g/mol. The molecule has 2 atom stereocenters. The van der Waals surface area contributed by atoms with Crippen LogP contribution < -0.4 is 0 Å². The van der Waals surface area contributed by atoms with Gasteiger partial charge in [0.15, 0.2) is 0 Å². The highest BCUT2D eigenvalue weighted by molar-refractivity contribution is 5.74. The average Bonchev–Trinajstić information content (AvgIpc) is 3.01. The van der Waals surface area contributed by atoms with Crippen LogP contribution in [0.25, 0.3) is 0 Å². The Kier molecular flexibility index (Phi) is 3.20. The molecule has 1 aliphatic carbocycles. The summed E-state index contributed by atoms with van der Waals surface area (Å²) in [5, 5.41) is 8.90. The second-order valence-electron chi connectivity index (χ2n) is 5.09. The summed E-state index contributed by atoms with van der Waals surface area (Å²) in [5.74, 6) is -0.826. The number of aliphatic carboxylic acids is 1. The molecule has 0 bridgehead atoms. The normalized spacial score (nSPS) is 22.8. The highest BCUT2D eigenvalue weighted by atomic mass is 16.4. The quantitative estimate of drug-likeness (QED) is 0.866. The molecule has 0 aromatic heterocycles. The van der Waals surface area contributed by atoms with E-state index in [1.165, 1.54) is 16.7 Å². The maximum absolute atomic E-state index is 10.8. The van der Waals surface area contributed by atoms with Crippen LogP contribution >= 0.6 is 0 Å². The van der Waals surface area contributed by atoms with E-state index in [0.29, 0.717) is 0 Å². The van der Waals surface area contributed by atoms with Gasteiger partial charge in [-0.2, -0.15) is 0 Å². The summed E-state index contributed by atoms with van der Waals surface area (Å²) in [4.78, 5) is 13.0. The molecule has 3 heteroatoms. The Bertz CT molecular complexity index is 442. The van der Waals surface area contributed by atoms with E-state index in [4.69, 9.17) is 5.11 Å². The average molecular weight is 233 g/mol. The van der Waals surface area contributed by atoms with Crippen molar-refractivity contribution in [1.29, 1.82) is 0 Å². The molecule has 0 amide bonds. The molecule has 1 aromatic rings. The minimum absolute atomic E-state index is 0.161. The molecule has 0 aliphatic heterocycles. The maximum atomic E-state index is 10.8. The molecule has 3 nitrogen and oxygen atoms in total. The molecule has 1 saturated carbocycles. The Labute approximate surface area is 102 Å². The summed E-state index contributed by atoms with van der Waals surface area (Å²) in [6, 6.07) is 6.63. The van der Waals surface area contributed by atoms with Gasteiger partial charge in [-0.25, -0.2) is 0 Å². The number of hydrogen-bond acceptors (Lipinski definition) is 2. The first-order valence-electron chi connectivity index (χ1n) is 5.98. The summed E-state index contributed by atoms with van der Waals surface area (Å²) >= 11 is 0. The van der Waals surface area contributed by atoms with E-state index in [1.807, 2.05) is 7.05 Å². The number of carboxylic acids is 1. The summed E-state index contributed by atoms with van der Waals surface area (Å²) in [6.45, 7) is 5.03. The highest BCUT2D eigenvalue weighted by Gasteiger charge is 2.45. The van der Waals surface area contributed by atoms with Gasteiger partial charge in [-0.1, -0.05) is 23.8 Å². The van der Waals surface area contributed by atoms with Crippen molar-refractivity contribution >= 4 is 5.97 Å². The topological polar surface area (TPSA) is 40.5 Å². The van der Waals surface area contributed by atoms with Crippen molar-refractivity contribution in [3.63, 3.8) is 0 Å². The third-order valence-corrected chi connectivity index (χ3v) is 3.56. The molecule has 1 N–H and O–H groups in total. The fourth-order valence-electron chi connectivity index (χ4n) is 2.34. The van der Waals surface area contributed by atoms with E-state index in [0.717, 1.165) is 13.0 Å². The Balaban J connectivity index is 1.99. The Morgan fingerprint density at radius 3 is 2.71 bits per heavy atom. The maximum Gasteiger partial charge on any atom is 0.308 e. The first kappa shape index (κ1) is 12.1. The van der Waals surface area contributed by atoms with E-state index in [1.54, 1.807) is 0 Å². The molecule has 1 aromatic carbocycles. The van der Waals surface area contributed by atoms with Crippen LogP contribution in [0.4, 0.5) is 0 Å². The lowest BCUT2D eigenvalue weighted by Gasteiger charge is -2.18. The van der Waals surface area contributed by atoms with Crippen molar-refractivity contribution in [2.75, 3.05) is 7.05 Å². The van der Waals surface area contributed by atoms with Crippen LogP contribution in [0.3, 0.4) is 0 Å². The number of carbonyl (C=O) groups is 1. The summed E-state index contributed by atoms with van der Waals surface area (Å²) < 4.78 is 0. The Hall–Kier alpha value is -1.35. The first-order chi connectivity index (χ1) is 7.99. The minimum atomic E-state index is -0.664. The molecule has 1 fully saturated rings. The fourth-order valence-corrected chi connectivity index (χ4v) is 2.34. The van der Waals surface area contributed by atoms with Gasteiger partial charge in [0, 0.05) is 12.6 Å². The summed E-state index contributed by atoms with van der Waals surface area (Å²) in [5.41, 5.74) is 3.84. The molecule has 92 valence electrons. The zero-order valence-electron chi connectivity index (χ0n) is 10.6. The zero-order valence-corrected chi connectivity index (χ0v) is 10.6. The number of carboxylic acid groups (broad SMARTS) is 1. The van der Waals surface area contributed by atoms with Gasteiger partial charge in [-0.05, 0) is 38.4 Å². The summed E-state index contributed by atoms with van der Waals surface area (Å²) in [6.07, 6.45) is 0.788. The van der Waals surface area contributed by atoms with Gasteiger partial charge in [0.1, 0.15) is 0 Å². The molecular formula is C14H19NO2. The predicted octanol–water partition coefficient (Wildman–Crippen LogP) is 2.21. The molecule has 0 saturated heterocycles. The number of benzene rings is 1. The third kappa shape index (κ3) is 2.67. The number of nitrogens with zero attached hydrogens (tertiary/aromatic N) is 1. The van der Waals surface area contributed by atoms with Gasteiger partial charge < -0.3 is 5.11 Å². The van der Waals surface area contributed by atoms with Gasteiger partial charge in [0.05, 0.1) is 5.92 Å². The molecule has 2 unspecified atom stereocenters. The van der Waals surface area contributed by atoms with Crippen LogP contribution in [0, 0.1) is 19.8 Å². The van der Waals surface area contributed by atoms with Gasteiger partial charge in [-0.3, -0.25) is 9.69 Å². The van der Waals surface area contributed by atoms with Gasteiger partial charge in [-0.15, -0.1) is 0 Å². The number of hydrogen-bond donors (Lipinski definition) is 1.